The molecule has 1 unspecified atom stereocenters. The lowest BCUT2D eigenvalue weighted by Gasteiger charge is -2.11. The predicted octanol–water partition coefficient (Wildman–Crippen LogP) is 3.98. The van der Waals surface area contributed by atoms with Gasteiger partial charge in [-0.25, -0.2) is 0 Å². The lowest BCUT2D eigenvalue weighted by Crippen LogP contribution is -2.16. The summed E-state index contributed by atoms with van der Waals surface area (Å²) in [6.07, 6.45) is 0.689. The summed E-state index contributed by atoms with van der Waals surface area (Å²) in [6, 6.07) is 14.0. The highest BCUT2D eigenvalue weighted by atomic mass is 16.5. The Morgan fingerprint density at radius 3 is 3.00 bits per heavy atom. The number of hydrogen-bond acceptors (Lipinski definition) is 3. The second-order valence-electron chi connectivity index (χ2n) is 4.88. The molecule has 0 radical (unpaired) electrons. The van der Waals surface area contributed by atoms with Crippen LogP contribution in [0.4, 0.5) is 0 Å². The Morgan fingerprint density at radius 2 is 2.19 bits per heavy atom. The van der Waals surface area contributed by atoms with E-state index in [1.165, 1.54) is 0 Å². The molecule has 0 amide bonds. The Kier molecular flexibility index (Phi) is 3.67. The molecule has 2 aromatic carbocycles. The van der Waals surface area contributed by atoms with Gasteiger partial charge < -0.3 is 9.47 Å². The van der Waals surface area contributed by atoms with Gasteiger partial charge in [0.1, 0.15) is 17.6 Å². The average molecular weight is 281 g/mol. The fourth-order valence-corrected chi connectivity index (χ4v) is 2.59. The second kappa shape index (κ2) is 5.77. The number of benzene rings is 2. The van der Waals surface area contributed by atoms with Gasteiger partial charge in [0, 0.05) is 16.9 Å². The van der Waals surface area contributed by atoms with E-state index in [9.17, 15) is 0 Å². The van der Waals surface area contributed by atoms with Gasteiger partial charge in [0.15, 0.2) is 0 Å². The number of azide groups is 1. The Bertz CT molecular complexity index is 708. The van der Waals surface area contributed by atoms with Crippen molar-refractivity contribution in [2.45, 2.75) is 12.5 Å². The number of para-hydroxylation sites is 1. The van der Waals surface area contributed by atoms with Crippen molar-refractivity contribution in [2.24, 2.45) is 5.11 Å². The lowest BCUT2D eigenvalue weighted by molar-refractivity contribution is 0.242. The zero-order valence-corrected chi connectivity index (χ0v) is 11.7. The molecule has 0 saturated heterocycles. The highest BCUT2D eigenvalue weighted by molar-refractivity contribution is 5.74. The zero-order valence-electron chi connectivity index (χ0n) is 11.7. The van der Waals surface area contributed by atoms with Gasteiger partial charge in [-0.15, -0.1) is 0 Å². The van der Waals surface area contributed by atoms with Gasteiger partial charge in [0.2, 0.25) is 0 Å². The minimum absolute atomic E-state index is 0.0809. The molecule has 0 aliphatic carbocycles. The number of nitrogens with zero attached hydrogens (tertiary/aromatic N) is 3. The maximum Gasteiger partial charge on any atom is 0.130 e. The summed E-state index contributed by atoms with van der Waals surface area (Å²) in [5.74, 6) is 1.69. The van der Waals surface area contributed by atoms with E-state index in [0.29, 0.717) is 6.54 Å². The lowest BCUT2D eigenvalue weighted by atomic mass is 10.0. The molecule has 0 N–H and O–H groups in total. The van der Waals surface area contributed by atoms with Crippen LogP contribution in [-0.4, -0.2) is 19.8 Å². The van der Waals surface area contributed by atoms with Crippen molar-refractivity contribution >= 4 is 0 Å². The molecule has 1 aliphatic rings. The van der Waals surface area contributed by atoms with Gasteiger partial charge in [-0.05, 0) is 28.8 Å². The Labute approximate surface area is 122 Å². The molecule has 0 aromatic heterocycles. The summed E-state index contributed by atoms with van der Waals surface area (Å²) >= 11 is 0. The molecule has 0 fully saturated rings. The molecule has 106 valence electrons. The Morgan fingerprint density at radius 1 is 1.33 bits per heavy atom. The number of hydrogen-bond donors (Lipinski definition) is 0. The predicted molar refractivity (Wildman–Crippen MR) is 80.6 cm³/mol. The third-order valence-electron chi connectivity index (χ3n) is 3.56. The van der Waals surface area contributed by atoms with Crippen LogP contribution in [-0.2, 0) is 6.42 Å². The second-order valence-corrected chi connectivity index (χ2v) is 4.88. The smallest absolute Gasteiger partial charge is 0.130 e. The van der Waals surface area contributed by atoms with Crippen molar-refractivity contribution in [1.82, 2.24) is 0 Å². The largest absolute Gasteiger partial charge is 0.497 e. The normalized spacial score (nSPS) is 15.8. The van der Waals surface area contributed by atoms with Gasteiger partial charge >= 0.3 is 0 Å². The molecule has 5 nitrogen and oxygen atoms in total. The molecule has 21 heavy (non-hydrogen) atoms. The highest BCUT2D eigenvalue weighted by Gasteiger charge is 2.25. The van der Waals surface area contributed by atoms with Crippen LogP contribution in [0.1, 0.15) is 5.56 Å². The molecule has 0 bridgehead atoms. The summed E-state index contributed by atoms with van der Waals surface area (Å²) in [5, 5.41) is 3.60. The summed E-state index contributed by atoms with van der Waals surface area (Å²) in [7, 11) is 1.65. The van der Waals surface area contributed by atoms with E-state index >= 15 is 0 Å². The van der Waals surface area contributed by atoms with Gasteiger partial charge in [0.25, 0.3) is 0 Å². The quantitative estimate of drug-likeness (QED) is 0.483. The van der Waals surface area contributed by atoms with Crippen LogP contribution in [0.25, 0.3) is 21.6 Å². The fourth-order valence-electron chi connectivity index (χ4n) is 2.59. The van der Waals surface area contributed by atoms with Gasteiger partial charge in [-0.1, -0.05) is 35.4 Å². The van der Waals surface area contributed by atoms with Gasteiger partial charge in [-0.2, -0.15) is 0 Å². The van der Waals surface area contributed by atoms with Crippen LogP contribution < -0.4 is 9.47 Å². The minimum Gasteiger partial charge on any atom is -0.497 e. The topological polar surface area (TPSA) is 67.2 Å². The van der Waals surface area contributed by atoms with Crippen molar-refractivity contribution < 1.29 is 9.47 Å². The van der Waals surface area contributed by atoms with Crippen LogP contribution in [0, 0.1) is 0 Å². The third kappa shape index (κ3) is 2.64. The molecule has 0 saturated carbocycles. The van der Waals surface area contributed by atoms with Crippen molar-refractivity contribution in [3.05, 3.63) is 58.5 Å². The SMILES string of the molecule is COc1cccc(-c2cccc3c2OC(CN=[N+]=[N-])C3)c1. The molecular formula is C16H15N3O2. The van der Waals surface area contributed by atoms with Crippen LogP contribution >= 0.6 is 0 Å². The highest BCUT2D eigenvalue weighted by Crippen LogP contribution is 2.39. The van der Waals surface area contributed by atoms with E-state index in [0.717, 1.165) is 34.6 Å². The molecule has 1 atom stereocenters. The van der Waals surface area contributed by atoms with E-state index in [2.05, 4.69) is 16.1 Å². The standard InChI is InChI=1S/C16H15N3O2/c1-20-13-6-2-4-11(8-13)15-7-3-5-12-9-14(10-18-19-17)21-16(12)15/h2-8,14H,9-10H2,1H3. The van der Waals surface area contributed by atoms with Crippen molar-refractivity contribution in [3.63, 3.8) is 0 Å². The van der Waals surface area contributed by atoms with E-state index in [4.69, 9.17) is 15.0 Å². The fraction of sp³-hybridized carbons (Fsp3) is 0.250. The minimum atomic E-state index is -0.0809. The first kappa shape index (κ1) is 13.3. The summed E-state index contributed by atoms with van der Waals surface area (Å²) in [5.41, 5.74) is 11.7. The van der Waals surface area contributed by atoms with E-state index in [-0.39, 0.29) is 6.10 Å². The number of ether oxygens (including phenoxy) is 2. The molecule has 0 spiro atoms. The number of rotatable bonds is 4. The average Bonchev–Trinajstić information content (AvgIpc) is 2.95. The Hall–Kier alpha value is -2.65. The molecule has 5 heteroatoms. The summed E-state index contributed by atoms with van der Waals surface area (Å²) < 4.78 is 11.2. The maximum atomic E-state index is 8.42. The molecule has 3 rings (SSSR count). The van der Waals surface area contributed by atoms with Crippen LogP contribution in [0.3, 0.4) is 0 Å². The third-order valence-corrected chi connectivity index (χ3v) is 3.56. The van der Waals surface area contributed by atoms with E-state index < -0.39 is 0 Å². The molecule has 1 heterocycles. The zero-order chi connectivity index (χ0) is 14.7. The van der Waals surface area contributed by atoms with Crippen molar-refractivity contribution in [3.8, 4) is 22.6 Å². The maximum absolute atomic E-state index is 8.42. The molecule has 1 aliphatic heterocycles. The first-order chi connectivity index (χ1) is 10.3. The number of methoxy groups -OCH3 is 1. The van der Waals surface area contributed by atoms with Crippen molar-refractivity contribution in [1.29, 1.82) is 0 Å². The van der Waals surface area contributed by atoms with E-state index in [1.807, 2.05) is 36.4 Å². The molecular weight excluding hydrogens is 266 g/mol. The van der Waals surface area contributed by atoms with Gasteiger partial charge in [-0.3, -0.25) is 0 Å². The van der Waals surface area contributed by atoms with Crippen LogP contribution in [0.5, 0.6) is 11.5 Å². The van der Waals surface area contributed by atoms with Crippen LogP contribution in [0.15, 0.2) is 47.6 Å². The summed E-state index contributed by atoms with van der Waals surface area (Å²) in [6.45, 7) is 0.350. The van der Waals surface area contributed by atoms with Crippen molar-refractivity contribution in [2.75, 3.05) is 13.7 Å². The first-order valence-electron chi connectivity index (χ1n) is 6.75. The van der Waals surface area contributed by atoms with Gasteiger partial charge in [0.05, 0.1) is 13.7 Å². The summed E-state index contributed by atoms with van der Waals surface area (Å²) in [4.78, 5) is 2.79. The Balaban J connectivity index is 1.96. The molecule has 2 aromatic rings. The van der Waals surface area contributed by atoms with E-state index in [1.54, 1.807) is 7.11 Å². The monoisotopic (exact) mass is 281 g/mol. The first-order valence-corrected chi connectivity index (χ1v) is 6.75. The van der Waals surface area contributed by atoms with Crippen LogP contribution in [0.2, 0.25) is 0 Å². The number of fused-ring (bicyclic) bond motifs is 1.